The predicted molar refractivity (Wildman–Crippen MR) is 120 cm³/mol. The first-order valence-corrected chi connectivity index (χ1v) is 10.7. The molecule has 2 aromatic rings. The number of amides is 1. The van der Waals surface area contributed by atoms with Crippen LogP contribution in [0.3, 0.4) is 0 Å². The second-order valence-corrected chi connectivity index (χ2v) is 7.72. The monoisotopic (exact) mass is 411 g/mol. The first kappa shape index (κ1) is 22.3. The Hall–Kier alpha value is -2.41. The lowest BCUT2D eigenvalue weighted by atomic mass is 10.1. The third kappa shape index (κ3) is 6.83. The summed E-state index contributed by atoms with van der Waals surface area (Å²) >= 11 is 0. The van der Waals surface area contributed by atoms with Crippen molar-refractivity contribution in [2.45, 2.75) is 25.9 Å². The van der Waals surface area contributed by atoms with Gasteiger partial charge >= 0.3 is 0 Å². The lowest BCUT2D eigenvalue weighted by Gasteiger charge is -2.35. The summed E-state index contributed by atoms with van der Waals surface area (Å²) in [6.07, 6.45) is 0.429. The van der Waals surface area contributed by atoms with Crippen molar-refractivity contribution in [1.29, 1.82) is 0 Å². The Bertz CT molecular complexity index is 778. The van der Waals surface area contributed by atoms with E-state index in [0.717, 1.165) is 39.4 Å². The van der Waals surface area contributed by atoms with E-state index in [4.69, 9.17) is 9.47 Å². The Morgan fingerprint density at radius 2 is 1.83 bits per heavy atom. The third-order valence-electron chi connectivity index (χ3n) is 5.49. The second-order valence-electron chi connectivity index (χ2n) is 7.72. The summed E-state index contributed by atoms with van der Waals surface area (Å²) in [4.78, 5) is 17.5. The molecule has 1 atom stereocenters. The highest BCUT2D eigenvalue weighted by Crippen LogP contribution is 2.23. The standard InChI is InChI=1S/C24H33N3O3/c1-20(18-26-14-16-30-17-15-26)27(19-21-8-4-3-5-9-21)13-12-24(28)25-22-10-6-7-11-23(22)29-2/h3-11,20H,12-19H2,1-2H3,(H,25,28). The Kier molecular flexibility index (Phi) is 8.68. The first-order valence-electron chi connectivity index (χ1n) is 10.7. The molecule has 0 aromatic heterocycles. The maximum atomic E-state index is 12.6. The molecule has 1 fully saturated rings. The van der Waals surface area contributed by atoms with E-state index in [9.17, 15) is 4.79 Å². The molecule has 3 rings (SSSR count). The fourth-order valence-corrected chi connectivity index (χ4v) is 3.75. The Morgan fingerprint density at radius 1 is 1.13 bits per heavy atom. The number of nitrogens with zero attached hydrogens (tertiary/aromatic N) is 2. The van der Waals surface area contributed by atoms with Crippen molar-refractivity contribution in [1.82, 2.24) is 9.80 Å². The van der Waals surface area contributed by atoms with Crippen molar-refractivity contribution in [2.24, 2.45) is 0 Å². The normalized spacial score (nSPS) is 15.7. The molecule has 2 aromatic carbocycles. The van der Waals surface area contributed by atoms with Gasteiger partial charge in [-0.2, -0.15) is 0 Å². The number of rotatable bonds is 10. The number of anilines is 1. The number of hydrogen-bond acceptors (Lipinski definition) is 5. The molecule has 162 valence electrons. The SMILES string of the molecule is COc1ccccc1NC(=O)CCN(Cc1ccccc1)C(C)CN1CCOCC1. The van der Waals surface area contributed by atoms with Gasteiger partial charge in [0.05, 0.1) is 26.0 Å². The van der Waals surface area contributed by atoms with Crippen LogP contribution < -0.4 is 10.1 Å². The zero-order valence-corrected chi connectivity index (χ0v) is 18.0. The molecule has 1 aliphatic heterocycles. The van der Waals surface area contributed by atoms with Crippen molar-refractivity contribution < 1.29 is 14.3 Å². The summed E-state index contributed by atoms with van der Waals surface area (Å²) in [5.41, 5.74) is 1.97. The quantitative estimate of drug-likeness (QED) is 0.650. The zero-order valence-electron chi connectivity index (χ0n) is 18.0. The molecule has 0 saturated carbocycles. The average Bonchev–Trinajstić information content (AvgIpc) is 2.78. The minimum atomic E-state index is -0.00358. The van der Waals surface area contributed by atoms with Gasteiger partial charge in [-0.15, -0.1) is 0 Å². The Labute approximate surface area is 179 Å². The average molecular weight is 412 g/mol. The van der Waals surface area contributed by atoms with Crippen LogP contribution in [-0.4, -0.2) is 68.3 Å². The number of carbonyl (C=O) groups is 1. The van der Waals surface area contributed by atoms with E-state index < -0.39 is 0 Å². The molecule has 0 bridgehead atoms. The lowest BCUT2D eigenvalue weighted by molar-refractivity contribution is -0.116. The molecule has 0 aliphatic carbocycles. The van der Waals surface area contributed by atoms with E-state index in [1.54, 1.807) is 7.11 Å². The summed E-state index contributed by atoms with van der Waals surface area (Å²) < 4.78 is 10.8. The second kappa shape index (κ2) is 11.7. The van der Waals surface area contributed by atoms with E-state index in [-0.39, 0.29) is 5.91 Å². The summed E-state index contributed by atoms with van der Waals surface area (Å²) in [6, 6.07) is 18.3. The molecule has 1 heterocycles. The number of carbonyl (C=O) groups excluding carboxylic acids is 1. The number of hydrogen-bond donors (Lipinski definition) is 1. The number of ether oxygens (including phenoxy) is 2. The van der Waals surface area contributed by atoms with Crippen LogP contribution in [0.2, 0.25) is 0 Å². The van der Waals surface area contributed by atoms with Crippen LogP contribution in [0.4, 0.5) is 5.69 Å². The first-order chi connectivity index (χ1) is 14.7. The highest BCUT2D eigenvalue weighted by Gasteiger charge is 2.20. The number of nitrogens with one attached hydrogen (secondary N) is 1. The fraction of sp³-hybridized carbons (Fsp3) is 0.458. The minimum Gasteiger partial charge on any atom is -0.495 e. The Balaban J connectivity index is 1.60. The van der Waals surface area contributed by atoms with Crippen LogP contribution in [0.5, 0.6) is 5.75 Å². The molecule has 0 spiro atoms. The van der Waals surface area contributed by atoms with Gasteiger partial charge in [0.15, 0.2) is 0 Å². The smallest absolute Gasteiger partial charge is 0.225 e. The van der Waals surface area contributed by atoms with Gasteiger partial charge in [0.25, 0.3) is 0 Å². The van der Waals surface area contributed by atoms with Crippen molar-refractivity contribution in [2.75, 3.05) is 51.8 Å². The molecule has 30 heavy (non-hydrogen) atoms. The van der Waals surface area contributed by atoms with Crippen LogP contribution >= 0.6 is 0 Å². The van der Waals surface area contributed by atoms with E-state index in [1.165, 1.54) is 5.56 Å². The predicted octanol–water partition coefficient (Wildman–Crippen LogP) is 3.25. The molecule has 1 amide bonds. The van der Waals surface area contributed by atoms with Gasteiger partial charge in [-0.3, -0.25) is 14.6 Å². The van der Waals surface area contributed by atoms with Gasteiger partial charge in [0, 0.05) is 45.2 Å². The van der Waals surface area contributed by atoms with Crippen LogP contribution in [0, 0.1) is 0 Å². The van der Waals surface area contributed by atoms with Gasteiger partial charge in [0.1, 0.15) is 5.75 Å². The summed E-state index contributed by atoms with van der Waals surface area (Å²) in [6.45, 7) is 8.28. The van der Waals surface area contributed by atoms with Gasteiger partial charge in [0.2, 0.25) is 5.91 Å². The van der Waals surface area contributed by atoms with Gasteiger partial charge < -0.3 is 14.8 Å². The van der Waals surface area contributed by atoms with Crippen molar-refractivity contribution in [3.63, 3.8) is 0 Å². The summed E-state index contributed by atoms with van der Waals surface area (Å²) in [7, 11) is 1.61. The van der Waals surface area contributed by atoms with Crippen LogP contribution in [0.1, 0.15) is 18.9 Å². The van der Waals surface area contributed by atoms with E-state index in [1.807, 2.05) is 30.3 Å². The van der Waals surface area contributed by atoms with E-state index in [2.05, 4.69) is 46.3 Å². The molecule has 1 saturated heterocycles. The number of benzene rings is 2. The minimum absolute atomic E-state index is 0.00358. The maximum Gasteiger partial charge on any atom is 0.225 e. The van der Waals surface area contributed by atoms with Crippen molar-refractivity contribution in [3.8, 4) is 5.75 Å². The Morgan fingerprint density at radius 3 is 2.57 bits per heavy atom. The van der Waals surface area contributed by atoms with Crippen molar-refractivity contribution in [3.05, 3.63) is 60.2 Å². The van der Waals surface area contributed by atoms with Gasteiger partial charge in [-0.1, -0.05) is 42.5 Å². The number of para-hydroxylation sites is 2. The number of morpholine rings is 1. The van der Waals surface area contributed by atoms with Gasteiger partial charge in [-0.25, -0.2) is 0 Å². The lowest BCUT2D eigenvalue weighted by Crippen LogP contribution is -2.46. The van der Waals surface area contributed by atoms with E-state index >= 15 is 0 Å². The van der Waals surface area contributed by atoms with Crippen molar-refractivity contribution >= 4 is 11.6 Å². The number of methoxy groups -OCH3 is 1. The molecular weight excluding hydrogens is 378 g/mol. The third-order valence-corrected chi connectivity index (χ3v) is 5.49. The maximum absolute atomic E-state index is 12.6. The molecule has 1 aliphatic rings. The molecular formula is C24H33N3O3. The largest absolute Gasteiger partial charge is 0.495 e. The molecule has 6 nitrogen and oxygen atoms in total. The highest BCUT2D eigenvalue weighted by atomic mass is 16.5. The van der Waals surface area contributed by atoms with Crippen LogP contribution in [-0.2, 0) is 16.1 Å². The molecule has 1 N–H and O–H groups in total. The summed E-state index contributed by atoms with van der Waals surface area (Å²) in [5, 5.41) is 2.98. The molecule has 0 radical (unpaired) electrons. The highest BCUT2D eigenvalue weighted by molar-refractivity contribution is 5.92. The zero-order chi connectivity index (χ0) is 21.2. The van der Waals surface area contributed by atoms with Crippen LogP contribution in [0.25, 0.3) is 0 Å². The summed E-state index contributed by atoms with van der Waals surface area (Å²) in [5.74, 6) is 0.670. The molecule has 6 heteroatoms. The fourth-order valence-electron chi connectivity index (χ4n) is 3.75. The topological polar surface area (TPSA) is 54.0 Å². The van der Waals surface area contributed by atoms with E-state index in [0.29, 0.717) is 30.4 Å². The molecule has 1 unspecified atom stereocenters. The van der Waals surface area contributed by atoms with Gasteiger partial charge in [-0.05, 0) is 24.6 Å². The van der Waals surface area contributed by atoms with Crippen LogP contribution in [0.15, 0.2) is 54.6 Å².